The van der Waals surface area contributed by atoms with Crippen LogP contribution in [0.15, 0.2) is 24.3 Å². The summed E-state index contributed by atoms with van der Waals surface area (Å²) in [4.78, 5) is 14.3. The second-order valence-corrected chi connectivity index (χ2v) is 5.95. The predicted molar refractivity (Wildman–Crippen MR) is 83.9 cm³/mol. The Labute approximate surface area is 127 Å². The van der Waals surface area contributed by atoms with E-state index < -0.39 is 0 Å². The van der Waals surface area contributed by atoms with Crippen molar-refractivity contribution in [3.05, 3.63) is 35.4 Å². The molecule has 0 radical (unpaired) electrons. The molecule has 1 saturated heterocycles. The zero-order valence-electron chi connectivity index (χ0n) is 13.4. The normalized spacial score (nSPS) is 20.3. The standard InChI is InChI=1S/C17H26N2O2/c1-5-13-6-8-14(9-7-13)17-18-10-16(20)19(17)15(11-21-4)12(2)3/h6-9,12,15,17-18H,5,10-11H2,1-4H3. The molecule has 1 amide bonds. The van der Waals surface area contributed by atoms with E-state index in [9.17, 15) is 4.79 Å². The number of rotatable bonds is 6. The van der Waals surface area contributed by atoms with Gasteiger partial charge in [-0.05, 0) is 23.5 Å². The van der Waals surface area contributed by atoms with Gasteiger partial charge in [0.05, 0.1) is 19.2 Å². The maximum atomic E-state index is 12.3. The van der Waals surface area contributed by atoms with Crippen molar-refractivity contribution in [2.75, 3.05) is 20.3 Å². The molecule has 1 heterocycles. The summed E-state index contributed by atoms with van der Waals surface area (Å²) in [5.74, 6) is 0.501. The summed E-state index contributed by atoms with van der Waals surface area (Å²) in [6.07, 6.45) is 0.977. The molecule has 2 rings (SSSR count). The van der Waals surface area contributed by atoms with Gasteiger partial charge in [-0.1, -0.05) is 45.0 Å². The Bertz CT molecular complexity index is 470. The summed E-state index contributed by atoms with van der Waals surface area (Å²) >= 11 is 0. The summed E-state index contributed by atoms with van der Waals surface area (Å²) in [6, 6.07) is 8.60. The number of hydrogen-bond donors (Lipinski definition) is 1. The van der Waals surface area contributed by atoms with E-state index in [1.54, 1.807) is 7.11 Å². The number of ether oxygens (including phenoxy) is 1. The molecule has 1 aliphatic heterocycles. The molecule has 1 aliphatic rings. The minimum absolute atomic E-state index is 0.0500. The summed E-state index contributed by atoms with van der Waals surface area (Å²) < 4.78 is 5.33. The first-order valence-corrected chi connectivity index (χ1v) is 7.70. The molecule has 2 unspecified atom stereocenters. The van der Waals surface area contributed by atoms with Crippen molar-refractivity contribution in [3.8, 4) is 0 Å². The van der Waals surface area contributed by atoms with Gasteiger partial charge in [0.1, 0.15) is 6.17 Å². The van der Waals surface area contributed by atoms with Crippen LogP contribution < -0.4 is 5.32 Å². The minimum atomic E-state index is -0.0500. The molecule has 1 aromatic rings. The first-order valence-electron chi connectivity index (χ1n) is 7.70. The van der Waals surface area contributed by atoms with Gasteiger partial charge in [-0.2, -0.15) is 0 Å². The lowest BCUT2D eigenvalue weighted by Crippen LogP contribution is -2.45. The van der Waals surface area contributed by atoms with Gasteiger partial charge in [-0.15, -0.1) is 0 Å². The van der Waals surface area contributed by atoms with E-state index in [0.29, 0.717) is 19.1 Å². The molecule has 0 saturated carbocycles. The van der Waals surface area contributed by atoms with E-state index in [1.807, 2.05) is 4.90 Å². The highest BCUT2D eigenvalue weighted by Gasteiger charge is 2.37. The number of nitrogens with zero attached hydrogens (tertiary/aromatic N) is 1. The van der Waals surface area contributed by atoms with Crippen LogP contribution in [0.3, 0.4) is 0 Å². The number of aryl methyl sites for hydroxylation is 1. The molecular weight excluding hydrogens is 264 g/mol. The number of carbonyl (C=O) groups excluding carboxylic acids is 1. The van der Waals surface area contributed by atoms with Crippen LogP contribution >= 0.6 is 0 Å². The van der Waals surface area contributed by atoms with Gasteiger partial charge >= 0.3 is 0 Å². The lowest BCUT2D eigenvalue weighted by atomic mass is 10.0. The second kappa shape index (κ2) is 7.05. The lowest BCUT2D eigenvalue weighted by molar-refractivity contribution is -0.132. The molecule has 116 valence electrons. The number of nitrogens with one attached hydrogen (secondary N) is 1. The molecule has 2 atom stereocenters. The Balaban J connectivity index is 2.25. The van der Waals surface area contributed by atoms with Gasteiger partial charge in [0.15, 0.2) is 0 Å². The third-order valence-corrected chi connectivity index (χ3v) is 4.18. The summed E-state index contributed by atoms with van der Waals surface area (Å²) in [5.41, 5.74) is 2.45. The Morgan fingerprint density at radius 1 is 1.33 bits per heavy atom. The zero-order chi connectivity index (χ0) is 15.4. The smallest absolute Gasteiger partial charge is 0.238 e. The van der Waals surface area contributed by atoms with E-state index in [2.05, 4.69) is 50.4 Å². The molecule has 0 aliphatic carbocycles. The first-order chi connectivity index (χ1) is 10.1. The summed E-state index contributed by atoms with van der Waals surface area (Å²) in [7, 11) is 1.69. The van der Waals surface area contributed by atoms with Crippen molar-refractivity contribution >= 4 is 5.91 Å². The van der Waals surface area contributed by atoms with E-state index in [1.165, 1.54) is 5.56 Å². The highest BCUT2D eigenvalue weighted by molar-refractivity contribution is 5.81. The Hall–Kier alpha value is -1.39. The molecular formula is C17H26N2O2. The molecule has 21 heavy (non-hydrogen) atoms. The number of benzene rings is 1. The quantitative estimate of drug-likeness (QED) is 0.874. The highest BCUT2D eigenvalue weighted by atomic mass is 16.5. The number of methoxy groups -OCH3 is 1. The van der Waals surface area contributed by atoms with Crippen molar-refractivity contribution in [2.45, 2.75) is 39.4 Å². The van der Waals surface area contributed by atoms with Crippen LogP contribution in [0.5, 0.6) is 0 Å². The maximum absolute atomic E-state index is 12.3. The van der Waals surface area contributed by atoms with E-state index in [0.717, 1.165) is 12.0 Å². The average molecular weight is 290 g/mol. The summed E-state index contributed by atoms with van der Waals surface area (Å²) in [6.45, 7) is 7.37. The zero-order valence-corrected chi connectivity index (χ0v) is 13.4. The van der Waals surface area contributed by atoms with Crippen molar-refractivity contribution in [2.24, 2.45) is 5.92 Å². The molecule has 4 nitrogen and oxygen atoms in total. The molecule has 1 aromatic carbocycles. The molecule has 0 aromatic heterocycles. The predicted octanol–water partition coefficient (Wildman–Crippen LogP) is 2.35. The van der Waals surface area contributed by atoms with E-state index in [-0.39, 0.29) is 18.1 Å². The van der Waals surface area contributed by atoms with Crippen molar-refractivity contribution in [1.82, 2.24) is 10.2 Å². The number of carbonyl (C=O) groups is 1. The summed E-state index contributed by atoms with van der Waals surface area (Å²) in [5, 5.41) is 3.32. The Morgan fingerprint density at radius 3 is 2.52 bits per heavy atom. The van der Waals surface area contributed by atoms with Crippen LogP contribution in [-0.2, 0) is 16.0 Å². The second-order valence-electron chi connectivity index (χ2n) is 5.95. The fourth-order valence-electron chi connectivity index (χ4n) is 2.87. The maximum Gasteiger partial charge on any atom is 0.238 e. The number of amides is 1. The van der Waals surface area contributed by atoms with Gasteiger partial charge in [0.2, 0.25) is 5.91 Å². The van der Waals surface area contributed by atoms with Gasteiger partial charge in [-0.25, -0.2) is 0 Å². The topological polar surface area (TPSA) is 41.6 Å². The third kappa shape index (κ3) is 3.44. The van der Waals surface area contributed by atoms with Crippen LogP contribution in [0.25, 0.3) is 0 Å². The first kappa shape index (κ1) is 16.0. The highest BCUT2D eigenvalue weighted by Crippen LogP contribution is 2.28. The molecule has 1 fully saturated rings. The SMILES string of the molecule is CCc1ccc(C2NCC(=O)N2C(COC)C(C)C)cc1. The van der Waals surface area contributed by atoms with Crippen LogP contribution in [0.4, 0.5) is 0 Å². The van der Waals surface area contributed by atoms with Crippen molar-refractivity contribution in [3.63, 3.8) is 0 Å². The number of hydrogen-bond acceptors (Lipinski definition) is 3. The van der Waals surface area contributed by atoms with Crippen LogP contribution in [-0.4, -0.2) is 37.1 Å². The van der Waals surface area contributed by atoms with E-state index >= 15 is 0 Å². The monoisotopic (exact) mass is 290 g/mol. The van der Waals surface area contributed by atoms with Crippen molar-refractivity contribution in [1.29, 1.82) is 0 Å². The van der Waals surface area contributed by atoms with Crippen LogP contribution in [0.1, 0.15) is 38.1 Å². The van der Waals surface area contributed by atoms with Gasteiger partial charge in [-0.3, -0.25) is 10.1 Å². The van der Waals surface area contributed by atoms with Crippen molar-refractivity contribution < 1.29 is 9.53 Å². The van der Waals surface area contributed by atoms with E-state index in [4.69, 9.17) is 4.74 Å². The minimum Gasteiger partial charge on any atom is -0.383 e. The third-order valence-electron chi connectivity index (χ3n) is 4.18. The fraction of sp³-hybridized carbons (Fsp3) is 0.588. The van der Waals surface area contributed by atoms with Gasteiger partial charge < -0.3 is 9.64 Å². The van der Waals surface area contributed by atoms with Gasteiger partial charge in [0, 0.05) is 7.11 Å². The Morgan fingerprint density at radius 2 is 2.00 bits per heavy atom. The average Bonchev–Trinajstić information content (AvgIpc) is 2.86. The largest absolute Gasteiger partial charge is 0.383 e. The van der Waals surface area contributed by atoms with Gasteiger partial charge in [0.25, 0.3) is 0 Å². The lowest BCUT2D eigenvalue weighted by Gasteiger charge is -2.35. The molecule has 0 bridgehead atoms. The Kier molecular flexibility index (Phi) is 5.37. The fourth-order valence-corrected chi connectivity index (χ4v) is 2.87. The molecule has 4 heteroatoms. The van der Waals surface area contributed by atoms with Crippen LogP contribution in [0.2, 0.25) is 0 Å². The molecule has 0 spiro atoms. The van der Waals surface area contributed by atoms with Crippen LogP contribution in [0, 0.1) is 5.92 Å². The molecule has 1 N–H and O–H groups in total.